The van der Waals surface area contributed by atoms with Gasteiger partial charge < -0.3 is 10.8 Å². The van der Waals surface area contributed by atoms with Crippen molar-refractivity contribution in [1.82, 2.24) is 14.8 Å². The van der Waals surface area contributed by atoms with Gasteiger partial charge in [-0.3, -0.25) is 4.68 Å². The fourth-order valence-corrected chi connectivity index (χ4v) is 1.45. The summed E-state index contributed by atoms with van der Waals surface area (Å²) in [7, 11) is 1.78. The number of nitrogens with two attached hydrogens (primary N) is 1. The molecule has 0 aliphatic carbocycles. The number of phenols is 1. The molecule has 0 bridgehead atoms. The van der Waals surface area contributed by atoms with Crippen molar-refractivity contribution in [2.75, 3.05) is 0 Å². The summed E-state index contributed by atoms with van der Waals surface area (Å²) in [5, 5.41) is 13.3. The summed E-state index contributed by atoms with van der Waals surface area (Å²) in [4.78, 5) is 4.07. The van der Waals surface area contributed by atoms with Gasteiger partial charge >= 0.3 is 0 Å². The molecule has 0 fully saturated rings. The number of benzene rings is 1. The number of hydrogen-bond donors (Lipinski definition) is 2. The molecule has 1 aromatic heterocycles. The van der Waals surface area contributed by atoms with E-state index in [0.717, 1.165) is 5.56 Å². The van der Waals surface area contributed by atoms with Crippen LogP contribution in [0.25, 0.3) is 0 Å². The maximum absolute atomic E-state index is 9.33. The summed E-state index contributed by atoms with van der Waals surface area (Å²) in [5.74, 6) is 0.866. The fourth-order valence-electron chi connectivity index (χ4n) is 1.45. The van der Waals surface area contributed by atoms with E-state index in [-0.39, 0.29) is 11.8 Å². The van der Waals surface area contributed by atoms with E-state index in [4.69, 9.17) is 5.73 Å². The Morgan fingerprint density at radius 1 is 1.47 bits per heavy atom. The van der Waals surface area contributed by atoms with Crippen LogP contribution in [0.3, 0.4) is 0 Å². The van der Waals surface area contributed by atoms with Crippen LogP contribution in [0.2, 0.25) is 0 Å². The van der Waals surface area contributed by atoms with Crippen LogP contribution in [-0.2, 0) is 7.05 Å². The highest BCUT2D eigenvalue weighted by molar-refractivity contribution is 5.31. The lowest BCUT2D eigenvalue weighted by molar-refractivity contribution is 0.474. The van der Waals surface area contributed by atoms with E-state index >= 15 is 0 Å². The van der Waals surface area contributed by atoms with Crippen LogP contribution < -0.4 is 5.73 Å². The van der Waals surface area contributed by atoms with Crippen molar-refractivity contribution in [2.45, 2.75) is 6.04 Å². The Morgan fingerprint density at radius 2 is 2.27 bits per heavy atom. The minimum atomic E-state index is -0.371. The highest BCUT2D eigenvalue weighted by atomic mass is 16.3. The molecule has 0 saturated carbocycles. The Morgan fingerprint density at radius 3 is 2.87 bits per heavy atom. The van der Waals surface area contributed by atoms with E-state index in [0.29, 0.717) is 5.82 Å². The van der Waals surface area contributed by atoms with E-state index in [1.54, 1.807) is 29.9 Å². The van der Waals surface area contributed by atoms with Gasteiger partial charge in [0.05, 0.1) is 6.04 Å². The Bertz CT molecular complexity index is 466. The molecule has 2 aromatic rings. The van der Waals surface area contributed by atoms with Crippen molar-refractivity contribution in [2.24, 2.45) is 12.8 Å². The Kier molecular flexibility index (Phi) is 2.39. The maximum Gasteiger partial charge on any atom is 0.148 e. The highest BCUT2D eigenvalue weighted by Crippen LogP contribution is 2.20. The van der Waals surface area contributed by atoms with Crippen molar-refractivity contribution in [3.05, 3.63) is 42.0 Å². The van der Waals surface area contributed by atoms with Gasteiger partial charge in [-0.15, -0.1) is 0 Å². The number of aryl methyl sites for hydroxylation is 1. The average molecular weight is 204 g/mol. The minimum Gasteiger partial charge on any atom is -0.508 e. The highest BCUT2D eigenvalue weighted by Gasteiger charge is 2.14. The van der Waals surface area contributed by atoms with Crippen LogP contribution in [0.4, 0.5) is 0 Å². The van der Waals surface area contributed by atoms with Gasteiger partial charge in [-0.25, -0.2) is 4.98 Å². The third-order valence-corrected chi connectivity index (χ3v) is 2.25. The molecule has 5 nitrogen and oxygen atoms in total. The molecule has 1 aromatic carbocycles. The molecule has 0 saturated heterocycles. The van der Waals surface area contributed by atoms with Crippen LogP contribution in [0, 0.1) is 0 Å². The second kappa shape index (κ2) is 3.70. The summed E-state index contributed by atoms with van der Waals surface area (Å²) >= 11 is 0. The molecule has 0 aliphatic rings. The minimum absolute atomic E-state index is 0.199. The largest absolute Gasteiger partial charge is 0.508 e. The predicted molar refractivity (Wildman–Crippen MR) is 55.1 cm³/mol. The Balaban J connectivity index is 2.36. The molecule has 0 spiro atoms. The van der Waals surface area contributed by atoms with Crippen LogP contribution in [0.15, 0.2) is 30.6 Å². The first-order valence-electron chi connectivity index (χ1n) is 4.57. The molecule has 15 heavy (non-hydrogen) atoms. The Labute approximate surface area is 87.2 Å². The second-order valence-corrected chi connectivity index (χ2v) is 3.31. The van der Waals surface area contributed by atoms with Crippen LogP contribution in [0.1, 0.15) is 17.4 Å². The first-order chi connectivity index (χ1) is 7.18. The number of nitrogens with zero attached hydrogens (tertiary/aromatic N) is 3. The van der Waals surface area contributed by atoms with Gasteiger partial charge in [-0.05, 0) is 17.7 Å². The van der Waals surface area contributed by atoms with E-state index < -0.39 is 0 Å². The lowest BCUT2D eigenvalue weighted by Crippen LogP contribution is -2.17. The monoisotopic (exact) mass is 204 g/mol. The summed E-state index contributed by atoms with van der Waals surface area (Å²) in [6, 6.07) is 6.45. The van der Waals surface area contributed by atoms with Gasteiger partial charge in [-0.2, -0.15) is 5.10 Å². The molecule has 0 radical (unpaired) electrons. The molecule has 2 rings (SSSR count). The van der Waals surface area contributed by atoms with Gasteiger partial charge in [-0.1, -0.05) is 12.1 Å². The second-order valence-electron chi connectivity index (χ2n) is 3.31. The zero-order valence-corrected chi connectivity index (χ0v) is 8.33. The average Bonchev–Trinajstić information content (AvgIpc) is 2.63. The molecule has 0 aliphatic heterocycles. The molecular weight excluding hydrogens is 192 g/mol. The topological polar surface area (TPSA) is 77.0 Å². The van der Waals surface area contributed by atoms with E-state index in [1.807, 2.05) is 6.07 Å². The van der Waals surface area contributed by atoms with Gasteiger partial charge in [0.15, 0.2) is 0 Å². The van der Waals surface area contributed by atoms with Crippen LogP contribution >= 0.6 is 0 Å². The normalized spacial score (nSPS) is 12.7. The van der Waals surface area contributed by atoms with Crippen molar-refractivity contribution in [1.29, 1.82) is 0 Å². The van der Waals surface area contributed by atoms with E-state index in [9.17, 15) is 5.11 Å². The number of phenolic OH excluding ortho intramolecular Hbond substituents is 1. The molecule has 78 valence electrons. The summed E-state index contributed by atoms with van der Waals surface area (Å²) in [6.45, 7) is 0. The SMILES string of the molecule is Cn1ncnc1C(N)c1cccc(O)c1. The smallest absolute Gasteiger partial charge is 0.148 e. The molecule has 0 amide bonds. The molecule has 1 heterocycles. The fraction of sp³-hybridized carbons (Fsp3) is 0.200. The van der Waals surface area contributed by atoms with Gasteiger partial charge in [0.25, 0.3) is 0 Å². The quantitative estimate of drug-likeness (QED) is 0.749. The first-order valence-corrected chi connectivity index (χ1v) is 4.57. The third kappa shape index (κ3) is 1.82. The molecule has 3 N–H and O–H groups in total. The maximum atomic E-state index is 9.33. The van der Waals surface area contributed by atoms with Crippen molar-refractivity contribution >= 4 is 0 Å². The van der Waals surface area contributed by atoms with Crippen molar-refractivity contribution in [3.8, 4) is 5.75 Å². The van der Waals surface area contributed by atoms with Gasteiger partial charge in [0.1, 0.15) is 17.9 Å². The molecule has 1 atom stereocenters. The lowest BCUT2D eigenvalue weighted by atomic mass is 10.1. The Hall–Kier alpha value is -1.88. The summed E-state index contributed by atoms with van der Waals surface area (Å²) < 4.78 is 1.62. The standard InChI is InChI=1S/C10H12N4O/c1-14-10(12-6-13-14)9(11)7-3-2-4-8(15)5-7/h2-6,9,15H,11H2,1H3. The lowest BCUT2D eigenvalue weighted by Gasteiger charge is -2.10. The van der Waals surface area contributed by atoms with E-state index in [1.165, 1.54) is 6.33 Å². The molecular formula is C10H12N4O. The summed E-state index contributed by atoms with van der Waals surface area (Å²) in [5.41, 5.74) is 6.81. The van der Waals surface area contributed by atoms with E-state index in [2.05, 4.69) is 10.1 Å². The van der Waals surface area contributed by atoms with Crippen molar-refractivity contribution < 1.29 is 5.11 Å². The van der Waals surface area contributed by atoms with Crippen LogP contribution in [-0.4, -0.2) is 19.9 Å². The zero-order chi connectivity index (χ0) is 10.8. The van der Waals surface area contributed by atoms with Crippen LogP contribution in [0.5, 0.6) is 5.75 Å². The third-order valence-electron chi connectivity index (χ3n) is 2.25. The van der Waals surface area contributed by atoms with Gasteiger partial charge in [0, 0.05) is 7.05 Å². The first kappa shape index (κ1) is 9.67. The molecule has 1 unspecified atom stereocenters. The van der Waals surface area contributed by atoms with Gasteiger partial charge in [0.2, 0.25) is 0 Å². The summed E-state index contributed by atoms with van der Waals surface area (Å²) in [6.07, 6.45) is 1.46. The molecule has 5 heteroatoms. The number of rotatable bonds is 2. The predicted octanol–water partition coefficient (Wildman–Crippen LogP) is 0.569. The number of aromatic hydroxyl groups is 1. The van der Waals surface area contributed by atoms with Crippen molar-refractivity contribution in [3.63, 3.8) is 0 Å². The zero-order valence-electron chi connectivity index (χ0n) is 8.33. The number of aromatic nitrogens is 3. The number of hydrogen-bond acceptors (Lipinski definition) is 4.